The molecule has 174 valence electrons. The second-order valence-corrected chi connectivity index (χ2v) is 8.89. The van der Waals surface area contributed by atoms with Crippen LogP contribution < -0.4 is 4.74 Å². The largest absolute Gasteiger partial charge is 0.491 e. The van der Waals surface area contributed by atoms with Crippen molar-refractivity contribution in [2.45, 2.75) is 26.0 Å². The second kappa shape index (κ2) is 11.8. The summed E-state index contributed by atoms with van der Waals surface area (Å²) in [6, 6.07) is 12.4. The number of imide groups is 1. The average Bonchev–Trinajstić information content (AvgIpc) is 3.05. The van der Waals surface area contributed by atoms with Crippen LogP contribution in [0.4, 0.5) is 0 Å². The van der Waals surface area contributed by atoms with Gasteiger partial charge < -0.3 is 9.47 Å². The van der Waals surface area contributed by atoms with Crippen LogP contribution in [-0.2, 0) is 10.5 Å². The number of fused-ring (bicyclic) bond motifs is 1. The molecule has 0 radical (unpaired) electrons. The summed E-state index contributed by atoms with van der Waals surface area (Å²) in [5.74, 6) is 1.90. The van der Waals surface area contributed by atoms with Crippen molar-refractivity contribution in [1.29, 1.82) is 0 Å². The normalized spacial score (nSPS) is 12.7. The van der Waals surface area contributed by atoms with Crippen LogP contribution in [0.3, 0.4) is 0 Å². The average molecular weight is 468 g/mol. The van der Waals surface area contributed by atoms with Gasteiger partial charge in [-0.2, -0.15) is 11.8 Å². The minimum absolute atomic E-state index is 0.0929. The Balaban J connectivity index is 1.40. The van der Waals surface area contributed by atoms with Gasteiger partial charge in [0.15, 0.2) is 5.78 Å². The maximum Gasteiger partial charge on any atom is 0.261 e. The number of allylic oxidation sites excluding steroid dienone is 1. The first-order chi connectivity index (χ1) is 15.9. The molecule has 1 aliphatic heterocycles. The molecule has 1 aliphatic rings. The third-order valence-corrected chi connectivity index (χ3v) is 6.35. The summed E-state index contributed by atoms with van der Waals surface area (Å²) in [5.41, 5.74) is 3.05. The molecule has 2 aromatic rings. The van der Waals surface area contributed by atoms with Gasteiger partial charge in [0.2, 0.25) is 0 Å². The molecule has 0 unspecified atom stereocenters. The summed E-state index contributed by atoms with van der Waals surface area (Å²) in [6.45, 7) is 8.53. The lowest BCUT2D eigenvalue weighted by atomic mass is 10.1. The summed E-state index contributed by atoms with van der Waals surface area (Å²) < 4.78 is 11.2. The molecule has 0 saturated heterocycles. The Morgan fingerprint density at radius 2 is 1.73 bits per heavy atom. The molecule has 6 nitrogen and oxygen atoms in total. The van der Waals surface area contributed by atoms with Gasteiger partial charge in [0.25, 0.3) is 11.8 Å². The molecule has 0 spiro atoms. The van der Waals surface area contributed by atoms with Crippen molar-refractivity contribution in [3.63, 3.8) is 0 Å². The van der Waals surface area contributed by atoms with E-state index in [1.807, 2.05) is 23.9 Å². The van der Waals surface area contributed by atoms with E-state index in [2.05, 4.69) is 13.5 Å². The molecule has 0 saturated carbocycles. The number of thioether (sulfide) groups is 1. The first kappa shape index (κ1) is 24.7. The van der Waals surface area contributed by atoms with Gasteiger partial charge in [-0.05, 0) is 66.6 Å². The fourth-order valence-corrected chi connectivity index (χ4v) is 4.24. The van der Waals surface area contributed by atoms with Gasteiger partial charge in [-0.1, -0.05) is 19.6 Å². The third kappa shape index (κ3) is 6.33. The lowest BCUT2D eigenvalue weighted by molar-refractivity contribution is 0.0527. The van der Waals surface area contributed by atoms with E-state index < -0.39 is 0 Å². The molecule has 0 aromatic heterocycles. The minimum Gasteiger partial charge on any atom is -0.491 e. The Labute approximate surface area is 198 Å². The van der Waals surface area contributed by atoms with Crippen LogP contribution >= 0.6 is 11.8 Å². The van der Waals surface area contributed by atoms with Crippen molar-refractivity contribution in [2.24, 2.45) is 0 Å². The number of Topliss-reactive ketones (excluding diaryl/α,β-unsaturated/α-hetero) is 1. The molecule has 2 amide bonds. The Bertz CT molecular complexity index is 1030. The van der Waals surface area contributed by atoms with Gasteiger partial charge in [-0.15, -0.1) is 0 Å². The zero-order chi connectivity index (χ0) is 23.8. The van der Waals surface area contributed by atoms with Crippen LogP contribution in [0.2, 0.25) is 0 Å². The van der Waals surface area contributed by atoms with E-state index in [-0.39, 0.29) is 30.7 Å². The van der Waals surface area contributed by atoms with Crippen molar-refractivity contribution < 1.29 is 23.9 Å². The van der Waals surface area contributed by atoms with Gasteiger partial charge in [0.05, 0.1) is 30.9 Å². The highest BCUT2D eigenvalue weighted by molar-refractivity contribution is 7.98. The van der Waals surface area contributed by atoms with Gasteiger partial charge in [-0.25, -0.2) is 0 Å². The fourth-order valence-electron chi connectivity index (χ4n) is 3.39. The van der Waals surface area contributed by atoms with Crippen LogP contribution in [0.25, 0.3) is 0 Å². The Morgan fingerprint density at radius 3 is 2.42 bits per heavy atom. The highest BCUT2D eigenvalue weighted by atomic mass is 32.2. The number of amides is 2. The number of carbonyl (C=O) groups excluding carboxylic acids is 3. The Morgan fingerprint density at radius 1 is 1.00 bits per heavy atom. The van der Waals surface area contributed by atoms with E-state index in [0.717, 1.165) is 23.5 Å². The molecular weight excluding hydrogens is 438 g/mol. The van der Waals surface area contributed by atoms with Crippen LogP contribution in [0.15, 0.2) is 54.6 Å². The van der Waals surface area contributed by atoms with E-state index >= 15 is 0 Å². The number of benzene rings is 2. The molecule has 0 fully saturated rings. The van der Waals surface area contributed by atoms with Crippen LogP contribution in [0, 0.1) is 0 Å². The molecular formula is C26H29NO5S. The molecule has 0 N–H and O–H groups in total. The first-order valence-corrected chi connectivity index (χ1v) is 12.2. The van der Waals surface area contributed by atoms with Crippen molar-refractivity contribution >= 4 is 29.4 Å². The van der Waals surface area contributed by atoms with Crippen LogP contribution in [0.1, 0.15) is 56.9 Å². The number of hydrogen-bond donors (Lipinski definition) is 0. The van der Waals surface area contributed by atoms with Crippen molar-refractivity contribution in [1.82, 2.24) is 4.90 Å². The Hall–Kier alpha value is -2.90. The number of ether oxygens (including phenoxy) is 2. The molecule has 0 bridgehead atoms. The van der Waals surface area contributed by atoms with Gasteiger partial charge in [-0.3, -0.25) is 19.3 Å². The number of rotatable bonds is 13. The fraction of sp³-hybridized carbons (Fsp3) is 0.346. The highest BCUT2D eigenvalue weighted by Crippen LogP contribution is 2.25. The molecule has 7 heteroatoms. The quantitative estimate of drug-likeness (QED) is 0.183. The van der Waals surface area contributed by atoms with E-state index in [0.29, 0.717) is 41.2 Å². The predicted octanol–water partition coefficient (Wildman–Crippen LogP) is 4.78. The van der Waals surface area contributed by atoms with E-state index in [1.165, 1.54) is 4.90 Å². The maximum atomic E-state index is 12.7. The maximum absolute atomic E-state index is 12.7. The van der Waals surface area contributed by atoms with Crippen LogP contribution in [0.5, 0.6) is 5.75 Å². The molecule has 3 rings (SSSR count). The summed E-state index contributed by atoms with van der Waals surface area (Å²) in [4.78, 5) is 38.4. The summed E-state index contributed by atoms with van der Waals surface area (Å²) in [6.07, 6.45) is 1.11. The summed E-state index contributed by atoms with van der Waals surface area (Å²) >= 11 is 1.82. The lowest BCUT2D eigenvalue weighted by Gasteiger charge is -2.14. The van der Waals surface area contributed by atoms with Gasteiger partial charge in [0, 0.05) is 11.3 Å². The molecule has 0 aliphatic carbocycles. The number of carbonyl (C=O) groups is 3. The van der Waals surface area contributed by atoms with Crippen molar-refractivity contribution in [2.75, 3.05) is 32.1 Å². The van der Waals surface area contributed by atoms with Crippen molar-refractivity contribution in [3.05, 3.63) is 76.9 Å². The minimum atomic E-state index is -0.271. The smallest absolute Gasteiger partial charge is 0.261 e. The second-order valence-electron chi connectivity index (χ2n) is 7.79. The Kier molecular flexibility index (Phi) is 8.86. The molecule has 0 atom stereocenters. The van der Waals surface area contributed by atoms with E-state index in [9.17, 15) is 14.4 Å². The summed E-state index contributed by atoms with van der Waals surface area (Å²) in [7, 11) is 0. The summed E-state index contributed by atoms with van der Waals surface area (Å²) in [5, 5.41) is 0. The number of nitrogens with zero attached hydrogens (tertiary/aromatic N) is 1. The molecule has 2 aromatic carbocycles. The monoisotopic (exact) mass is 467 g/mol. The number of ketones is 1. The first-order valence-electron chi connectivity index (χ1n) is 11.0. The van der Waals surface area contributed by atoms with Gasteiger partial charge in [0.1, 0.15) is 12.4 Å². The van der Waals surface area contributed by atoms with E-state index in [1.54, 1.807) is 37.3 Å². The standard InChI is InChI=1S/C26H29NO5S/c1-4-15-33-17-19-5-10-22-23(16-19)26(30)27(25(22)29)11-12-31-13-14-32-21-8-6-20(7-9-21)24(28)18(2)3/h5-10,16H,2,4,11-15,17H2,1,3H3. The topological polar surface area (TPSA) is 72.9 Å². The SMILES string of the molecule is C=C(C)C(=O)c1ccc(OCCOCCN2C(=O)c3ccc(CSCCC)cc3C2=O)cc1. The predicted molar refractivity (Wildman–Crippen MR) is 130 cm³/mol. The molecule has 33 heavy (non-hydrogen) atoms. The molecule has 1 heterocycles. The van der Waals surface area contributed by atoms with Crippen molar-refractivity contribution in [3.8, 4) is 5.75 Å². The zero-order valence-corrected chi connectivity index (χ0v) is 19.9. The highest BCUT2D eigenvalue weighted by Gasteiger charge is 2.35. The zero-order valence-electron chi connectivity index (χ0n) is 19.1. The third-order valence-electron chi connectivity index (χ3n) is 5.11. The number of hydrogen-bond acceptors (Lipinski definition) is 6. The van der Waals surface area contributed by atoms with E-state index in [4.69, 9.17) is 9.47 Å². The van der Waals surface area contributed by atoms with Crippen LogP contribution in [-0.4, -0.2) is 54.6 Å². The van der Waals surface area contributed by atoms with Gasteiger partial charge >= 0.3 is 0 Å². The lowest BCUT2D eigenvalue weighted by Crippen LogP contribution is -2.33.